The summed E-state index contributed by atoms with van der Waals surface area (Å²) >= 11 is 0. The van der Waals surface area contributed by atoms with Crippen molar-refractivity contribution in [2.45, 2.75) is 45.1 Å². The van der Waals surface area contributed by atoms with Gasteiger partial charge in [-0.3, -0.25) is 24.4 Å². The summed E-state index contributed by atoms with van der Waals surface area (Å²) < 4.78 is 1.74. The average Bonchev–Trinajstić information content (AvgIpc) is 3.30. The number of aromatic nitrogens is 3. The SMILES string of the molecule is NCc1cn(CCNCc2ccc3c(c2)C(=O)N(C2CCC(=O)NC2=O)C3)nn1. The number of nitrogens with two attached hydrogens (primary N) is 1. The van der Waals surface area contributed by atoms with Crippen molar-refractivity contribution >= 4 is 17.7 Å². The summed E-state index contributed by atoms with van der Waals surface area (Å²) in [6.07, 6.45) is 2.44. The maximum Gasteiger partial charge on any atom is 0.255 e. The van der Waals surface area contributed by atoms with Gasteiger partial charge in [0.15, 0.2) is 0 Å². The summed E-state index contributed by atoms with van der Waals surface area (Å²) in [5.74, 6) is -0.836. The van der Waals surface area contributed by atoms with Crippen LogP contribution in [0.4, 0.5) is 0 Å². The number of rotatable bonds is 7. The van der Waals surface area contributed by atoms with Gasteiger partial charge in [0.05, 0.1) is 12.2 Å². The lowest BCUT2D eigenvalue weighted by Gasteiger charge is -2.29. The number of nitrogens with one attached hydrogen (secondary N) is 2. The number of imide groups is 1. The molecule has 0 bridgehead atoms. The van der Waals surface area contributed by atoms with Crippen molar-refractivity contribution in [1.29, 1.82) is 0 Å². The minimum atomic E-state index is -0.588. The second kappa shape index (κ2) is 8.10. The van der Waals surface area contributed by atoms with Crippen LogP contribution in [0.25, 0.3) is 0 Å². The smallest absolute Gasteiger partial charge is 0.255 e. The predicted octanol–water partition coefficient (Wildman–Crippen LogP) is -0.712. The van der Waals surface area contributed by atoms with Gasteiger partial charge in [-0.2, -0.15) is 0 Å². The molecule has 2 aliphatic rings. The summed E-state index contributed by atoms with van der Waals surface area (Å²) in [5.41, 5.74) is 8.79. The number of carbonyl (C=O) groups excluding carboxylic acids is 3. The highest BCUT2D eigenvalue weighted by molar-refractivity contribution is 6.05. The van der Waals surface area contributed by atoms with Crippen LogP contribution in [0.15, 0.2) is 24.4 Å². The van der Waals surface area contributed by atoms with Gasteiger partial charge in [0.2, 0.25) is 11.8 Å². The number of benzene rings is 1. The summed E-state index contributed by atoms with van der Waals surface area (Å²) in [7, 11) is 0. The van der Waals surface area contributed by atoms with Gasteiger partial charge in [0, 0.05) is 44.4 Å². The third-order valence-corrected chi connectivity index (χ3v) is 5.23. The van der Waals surface area contributed by atoms with Crippen molar-refractivity contribution in [2.75, 3.05) is 6.54 Å². The lowest BCUT2D eigenvalue weighted by molar-refractivity contribution is -0.136. The molecule has 2 aromatic rings. The Bertz CT molecular complexity index is 955. The van der Waals surface area contributed by atoms with E-state index in [2.05, 4.69) is 20.9 Å². The first-order chi connectivity index (χ1) is 14.0. The fourth-order valence-corrected chi connectivity index (χ4v) is 3.68. The van der Waals surface area contributed by atoms with E-state index in [4.69, 9.17) is 5.73 Å². The predicted molar refractivity (Wildman–Crippen MR) is 102 cm³/mol. The molecule has 1 aromatic carbocycles. The minimum Gasteiger partial charge on any atom is -0.325 e. The highest BCUT2D eigenvalue weighted by atomic mass is 16.2. The van der Waals surface area contributed by atoms with Gasteiger partial charge >= 0.3 is 0 Å². The molecule has 3 amide bonds. The fraction of sp³-hybridized carbons (Fsp3) is 0.421. The maximum atomic E-state index is 12.8. The molecule has 10 nitrogen and oxygen atoms in total. The zero-order valence-electron chi connectivity index (χ0n) is 15.9. The molecular formula is C19H23N7O3. The van der Waals surface area contributed by atoms with Gasteiger partial charge in [-0.1, -0.05) is 17.3 Å². The van der Waals surface area contributed by atoms with E-state index in [-0.39, 0.29) is 18.2 Å². The second-order valence-electron chi connectivity index (χ2n) is 7.25. The molecular weight excluding hydrogens is 374 g/mol. The maximum absolute atomic E-state index is 12.8. The van der Waals surface area contributed by atoms with E-state index in [1.165, 1.54) is 0 Å². The molecule has 152 valence electrons. The zero-order chi connectivity index (χ0) is 20.4. The van der Waals surface area contributed by atoms with Gasteiger partial charge in [-0.05, 0) is 23.6 Å². The van der Waals surface area contributed by atoms with Crippen LogP contribution in [0, 0.1) is 0 Å². The fourth-order valence-electron chi connectivity index (χ4n) is 3.68. The molecule has 1 fully saturated rings. The Morgan fingerprint density at radius 2 is 2.14 bits per heavy atom. The van der Waals surface area contributed by atoms with Crippen LogP contribution in [-0.2, 0) is 35.8 Å². The van der Waals surface area contributed by atoms with Crippen LogP contribution in [-0.4, -0.2) is 50.2 Å². The normalized spacial score (nSPS) is 18.9. The van der Waals surface area contributed by atoms with Crippen LogP contribution >= 0.6 is 0 Å². The molecule has 0 saturated carbocycles. The number of amides is 3. The van der Waals surface area contributed by atoms with Gasteiger partial charge in [-0.25, -0.2) is 0 Å². The number of piperidine rings is 1. The van der Waals surface area contributed by atoms with Crippen molar-refractivity contribution < 1.29 is 14.4 Å². The largest absolute Gasteiger partial charge is 0.325 e. The summed E-state index contributed by atoms with van der Waals surface area (Å²) in [5, 5.41) is 13.6. The Hall–Kier alpha value is -3.11. The number of hydrogen-bond acceptors (Lipinski definition) is 7. The number of nitrogens with zero attached hydrogens (tertiary/aromatic N) is 4. The molecule has 29 heavy (non-hydrogen) atoms. The standard InChI is InChI=1S/C19H23N7O3/c20-8-14-11-25(24-23-14)6-5-21-9-12-1-2-13-10-26(19(29)15(13)7-12)16-3-4-17(27)22-18(16)28/h1-2,7,11,16,21H,3-6,8-10,20H2,(H,22,27,28). The van der Waals surface area contributed by atoms with Gasteiger partial charge < -0.3 is 16.0 Å². The molecule has 2 aliphatic heterocycles. The third-order valence-electron chi connectivity index (χ3n) is 5.23. The highest BCUT2D eigenvalue weighted by Crippen LogP contribution is 2.28. The molecule has 4 rings (SSSR count). The Kier molecular flexibility index (Phi) is 5.36. The van der Waals surface area contributed by atoms with Gasteiger partial charge in [0.1, 0.15) is 6.04 Å². The van der Waals surface area contributed by atoms with E-state index in [9.17, 15) is 14.4 Å². The van der Waals surface area contributed by atoms with Crippen molar-refractivity contribution in [3.63, 3.8) is 0 Å². The molecule has 1 unspecified atom stereocenters. The molecule has 0 radical (unpaired) electrons. The van der Waals surface area contributed by atoms with Crippen molar-refractivity contribution in [2.24, 2.45) is 5.73 Å². The monoisotopic (exact) mass is 397 g/mol. The average molecular weight is 397 g/mol. The lowest BCUT2D eigenvalue weighted by Crippen LogP contribution is -2.52. The number of fused-ring (bicyclic) bond motifs is 1. The topological polar surface area (TPSA) is 135 Å². The van der Waals surface area contributed by atoms with Crippen LogP contribution in [0.1, 0.15) is 40.0 Å². The highest BCUT2D eigenvalue weighted by Gasteiger charge is 2.39. The van der Waals surface area contributed by atoms with Crippen LogP contribution in [0.2, 0.25) is 0 Å². The number of hydrogen-bond donors (Lipinski definition) is 3. The zero-order valence-corrected chi connectivity index (χ0v) is 15.9. The van der Waals surface area contributed by atoms with Crippen molar-refractivity contribution in [1.82, 2.24) is 30.5 Å². The number of carbonyl (C=O) groups is 3. The molecule has 10 heteroatoms. The van der Waals surface area contributed by atoms with Gasteiger partial charge in [0.25, 0.3) is 5.91 Å². The lowest BCUT2D eigenvalue weighted by atomic mass is 10.0. The molecule has 1 aromatic heterocycles. The molecule has 3 heterocycles. The summed E-state index contributed by atoms with van der Waals surface area (Å²) in [6, 6.07) is 5.20. The van der Waals surface area contributed by atoms with E-state index >= 15 is 0 Å². The molecule has 1 atom stereocenters. The van der Waals surface area contributed by atoms with E-state index in [1.807, 2.05) is 24.4 Å². The van der Waals surface area contributed by atoms with Crippen LogP contribution in [0.3, 0.4) is 0 Å². The van der Waals surface area contributed by atoms with E-state index < -0.39 is 11.9 Å². The van der Waals surface area contributed by atoms with Crippen LogP contribution in [0.5, 0.6) is 0 Å². The minimum absolute atomic E-state index is 0.159. The van der Waals surface area contributed by atoms with Crippen molar-refractivity contribution in [3.8, 4) is 0 Å². The van der Waals surface area contributed by atoms with E-state index in [0.717, 1.165) is 16.8 Å². The Labute approximate surface area is 167 Å². The summed E-state index contributed by atoms with van der Waals surface area (Å²) in [4.78, 5) is 37.9. The van der Waals surface area contributed by atoms with Gasteiger partial charge in [-0.15, -0.1) is 5.10 Å². The second-order valence-corrected chi connectivity index (χ2v) is 7.25. The summed E-state index contributed by atoms with van der Waals surface area (Å²) in [6.45, 7) is 2.73. The molecule has 1 saturated heterocycles. The van der Waals surface area contributed by atoms with Crippen molar-refractivity contribution in [3.05, 3.63) is 46.8 Å². The van der Waals surface area contributed by atoms with E-state index in [0.29, 0.717) is 44.7 Å². The Balaban J connectivity index is 1.34. The Morgan fingerprint density at radius 3 is 2.90 bits per heavy atom. The first-order valence-electron chi connectivity index (χ1n) is 9.61. The third kappa shape index (κ3) is 4.03. The first-order valence-corrected chi connectivity index (χ1v) is 9.61. The molecule has 4 N–H and O–H groups in total. The first kappa shape index (κ1) is 19.2. The van der Waals surface area contributed by atoms with E-state index in [1.54, 1.807) is 9.58 Å². The quantitative estimate of drug-likeness (QED) is 0.415. The van der Waals surface area contributed by atoms with Crippen LogP contribution < -0.4 is 16.4 Å². The Morgan fingerprint density at radius 1 is 1.28 bits per heavy atom. The molecule has 0 spiro atoms. The molecule has 0 aliphatic carbocycles.